The molecule has 1 fully saturated rings. The summed E-state index contributed by atoms with van der Waals surface area (Å²) >= 11 is 0. The molecule has 1 aliphatic carbocycles. The van der Waals surface area contributed by atoms with Gasteiger partial charge in [-0.3, -0.25) is 4.57 Å². The molecule has 0 bridgehead atoms. The first kappa shape index (κ1) is 11.1. The lowest BCUT2D eigenvalue weighted by Crippen LogP contribution is -2.30. The SMILES string of the molecule is COc1cc(CN)n(C2CCCC2)c(=O)n1. The Morgan fingerprint density at radius 2 is 2.25 bits per heavy atom. The molecule has 0 saturated heterocycles. The van der Waals surface area contributed by atoms with Gasteiger partial charge in [0.05, 0.1) is 7.11 Å². The lowest BCUT2D eigenvalue weighted by atomic mass is 10.2. The van der Waals surface area contributed by atoms with E-state index in [0.717, 1.165) is 18.5 Å². The number of hydrogen-bond acceptors (Lipinski definition) is 4. The Hall–Kier alpha value is -1.36. The highest BCUT2D eigenvalue weighted by molar-refractivity contribution is 5.15. The molecule has 0 radical (unpaired) electrons. The maximum Gasteiger partial charge on any atom is 0.351 e. The van der Waals surface area contributed by atoms with Crippen LogP contribution in [0.25, 0.3) is 0 Å². The van der Waals surface area contributed by atoms with Gasteiger partial charge >= 0.3 is 5.69 Å². The molecule has 2 N–H and O–H groups in total. The molecule has 88 valence electrons. The second kappa shape index (κ2) is 4.65. The van der Waals surface area contributed by atoms with Crippen molar-refractivity contribution in [1.82, 2.24) is 9.55 Å². The van der Waals surface area contributed by atoms with Crippen molar-refractivity contribution >= 4 is 0 Å². The molecular weight excluding hydrogens is 206 g/mol. The van der Waals surface area contributed by atoms with E-state index in [4.69, 9.17) is 10.5 Å². The van der Waals surface area contributed by atoms with Gasteiger partial charge in [-0.2, -0.15) is 4.98 Å². The van der Waals surface area contributed by atoms with E-state index in [2.05, 4.69) is 4.98 Å². The van der Waals surface area contributed by atoms with Crippen molar-refractivity contribution in [3.8, 4) is 5.88 Å². The van der Waals surface area contributed by atoms with Crippen molar-refractivity contribution < 1.29 is 4.74 Å². The van der Waals surface area contributed by atoms with Gasteiger partial charge < -0.3 is 10.5 Å². The highest BCUT2D eigenvalue weighted by Crippen LogP contribution is 2.29. The average Bonchev–Trinajstić information content (AvgIpc) is 2.81. The third kappa shape index (κ3) is 1.95. The number of nitrogens with zero attached hydrogens (tertiary/aromatic N) is 2. The van der Waals surface area contributed by atoms with Gasteiger partial charge in [-0.05, 0) is 12.8 Å². The van der Waals surface area contributed by atoms with Crippen LogP contribution in [0.1, 0.15) is 37.4 Å². The minimum Gasteiger partial charge on any atom is -0.481 e. The second-order valence-electron chi connectivity index (χ2n) is 4.08. The molecule has 0 aliphatic heterocycles. The second-order valence-corrected chi connectivity index (χ2v) is 4.08. The third-order valence-electron chi connectivity index (χ3n) is 3.12. The summed E-state index contributed by atoms with van der Waals surface area (Å²) < 4.78 is 6.71. The zero-order valence-corrected chi connectivity index (χ0v) is 9.48. The van der Waals surface area contributed by atoms with Gasteiger partial charge in [-0.1, -0.05) is 12.8 Å². The molecule has 0 unspecified atom stereocenters. The van der Waals surface area contributed by atoms with Gasteiger partial charge in [-0.25, -0.2) is 4.79 Å². The molecule has 5 nitrogen and oxygen atoms in total. The van der Waals surface area contributed by atoms with Crippen molar-refractivity contribution in [2.45, 2.75) is 38.3 Å². The molecule has 1 aliphatic rings. The minimum absolute atomic E-state index is 0.244. The lowest BCUT2D eigenvalue weighted by Gasteiger charge is -2.17. The fourth-order valence-electron chi connectivity index (χ4n) is 2.33. The van der Waals surface area contributed by atoms with Crippen molar-refractivity contribution in [2.75, 3.05) is 7.11 Å². The van der Waals surface area contributed by atoms with E-state index in [1.807, 2.05) is 0 Å². The van der Waals surface area contributed by atoms with Crippen LogP contribution in [-0.4, -0.2) is 16.7 Å². The highest BCUT2D eigenvalue weighted by Gasteiger charge is 2.21. The molecule has 2 rings (SSSR count). The smallest absolute Gasteiger partial charge is 0.351 e. The van der Waals surface area contributed by atoms with Crippen molar-refractivity contribution in [2.24, 2.45) is 5.73 Å². The van der Waals surface area contributed by atoms with Crippen LogP contribution in [0.15, 0.2) is 10.9 Å². The number of aromatic nitrogens is 2. The fourth-order valence-corrected chi connectivity index (χ4v) is 2.33. The summed E-state index contributed by atoms with van der Waals surface area (Å²) in [7, 11) is 1.50. The van der Waals surface area contributed by atoms with Crippen LogP contribution in [0.5, 0.6) is 5.88 Å². The Morgan fingerprint density at radius 3 is 2.81 bits per heavy atom. The van der Waals surface area contributed by atoms with E-state index in [0.29, 0.717) is 12.4 Å². The normalized spacial score (nSPS) is 16.6. The van der Waals surface area contributed by atoms with Crippen molar-refractivity contribution in [3.05, 3.63) is 22.2 Å². The molecular formula is C11H17N3O2. The van der Waals surface area contributed by atoms with Crippen LogP contribution < -0.4 is 16.2 Å². The monoisotopic (exact) mass is 223 g/mol. The number of hydrogen-bond donors (Lipinski definition) is 1. The zero-order valence-electron chi connectivity index (χ0n) is 9.48. The van der Waals surface area contributed by atoms with Crippen LogP contribution in [-0.2, 0) is 6.54 Å². The van der Waals surface area contributed by atoms with Gasteiger partial charge in [0.15, 0.2) is 0 Å². The van der Waals surface area contributed by atoms with E-state index >= 15 is 0 Å². The van der Waals surface area contributed by atoms with E-state index in [9.17, 15) is 4.79 Å². The molecule has 1 saturated carbocycles. The van der Waals surface area contributed by atoms with E-state index in [-0.39, 0.29) is 11.7 Å². The molecule has 5 heteroatoms. The summed E-state index contributed by atoms with van der Waals surface area (Å²) in [6, 6.07) is 2.02. The number of rotatable bonds is 3. The first-order valence-electron chi connectivity index (χ1n) is 5.62. The lowest BCUT2D eigenvalue weighted by molar-refractivity contribution is 0.383. The van der Waals surface area contributed by atoms with Crippen LogP contribution in [0.3, 0.4) is 0 Å². The van der Waals surface area contributed by atoms with E-state index in [1.165, 1.54) is 20.0 Å². The van der Waals surface area contributed by atoms with Gasteiger partial charge in [0.25, 0.3) is 0 Å². The maximum absolute atomic E-state index is 11.9. The zero-order chi connectivity index (χ0) is 11.5. The molecule has 1 aromatic rings. The molecule has 1 heterocycles. The van der Waals surface area contributed by atoms with Crippen molar-refractivity contribution in [1.29, 1.82) is 0 Å². The summed E-state index contributed by atoms with van der Waals surface area (Å²) in [5, 5.41) is 0. The Bertz CT molecular complexity index is 422. The predicted molar refractivity (Wildman–Crippen MR) is 60.4 cm³/mol. The highest BCUT2D eigenvalue weighted by atomic mass is 16.5. The standard InChI is InChI=1S/C11H17N3O2/c1-16-10-6-9(7-12)14(11(15)13-10)8-4-2-3-5-8/h6,8H,2-5,7,12H2,1H3. The van der Waals surface area contributed by atoms with Gasteiger partial charge in [0, 0.05) is 24.3 Å². The van der Waals surface area contributed by atoms with E-state index in [1.54, 1.807) is 10.6 Å². The van der Waals surface area contributed by atoms with Crippen molar-refractivity contribution in [3.63, 3.8) is 0 Å². The minimum atomic E-state index is -0.244. The molecule has 1 aromatic heterocycles. The summed E-state index contributed by atoms with van der Waals surface area (Å²) in [6.45, 7) is 0.338. The van der Waals surface area contributed by atoms with E-state index < -0.39 is 0 Å². The summed E-state index contributed by atoms with van der Waals surface area (Å²) in [6.07, 6.45) is 4.43. The molecule has 0 atom stereocenters. The van der Waals surface area contributed by atoms with Crippen LogP contribution >= 0.6 is 0 Å². The van der Waals surface area contributed by atoms with Crippen LogP contribution in [0.2, 0.25) is 0 Å². The van der Waals surface area contributed by atoms with Crippen LogP contribution in [0.4, 0.5) is 0 Å². The maximum atomic E-state index is 11.9. The van der Waals surface area contributed by atoms with Gasteiger partial charge in [0.1, 0.15) is 0 Å². The Labute approximate surface area is 94.2 Å². The Morgan fingerprint density at radius 1 is 1.56 bits per heavy atom. The summed E-state index contributed by atoms with van der Waals surface area (Å²) in [5.41, 5.74) is 6.23. The fraction of sp³-hybridized carbons (Fsp3) is 0.636. The summed E-state index contributed by atoms with van der Waals surface area (Å²) in [4.78, 5) is 15.8. The van der Waals surface area contributed by atoms with Crippen LogP contribution in [0, 0.1) is 0 Å². The summed E-state index contributed by atoms with van der Waals surface area (Å²) in [5.74, 6) is 0.347. The Balaban J connectivity index is 2.46. The quantitative estimate of drug-likeness (QED) is 0.823. The topological polar surface area (TPSA) is 70.1 Å². The van der Waals surface area contributed by atoms with Gasteiger partial charge in [0.2, 0.25) is 5.88 Å². The Kier molecular flexibility index (Phi) is 3.24. The molecule has 16 heavy (non-hydrogen) atoms. The first-order chi connectivity index (χ1) is 7.76. The average molecular weight is 223 g/mol. The number of nitrogens with two attached hydrogens (primary N) is 1. The predicted octanol–water partition coefficient (Wildman–Crippen LogP) is 0.826. The molecule has 0 aromatic carbocycles. The molecule has 0 amide bonds. The van der Waals surface area contributed by atoms with Gasteiger partial charge in [-0.15, -0.1) is 0 Å². The number of ether oxygens (including phenoxy) is 1. The first-order valence-corrected chi connectivity index (χ1v) is 5.62. The third-order valence-corrected chi connectivity index (χ3v) is 3.12. The molecule has 0 spiro atoms. The largest absolute Gasteiger partial charge is 0.481 e. The number of methoxy groups -OCH3 is 1.